The fourth-order valence-corrected chi connectivity index (χ4v) is 4.11. The van der Waals surface area contributed by atoms with Crippen LogP contribution in [0.1, 0.15) is 36.0 Å². The number of aromatic nitrogens is 2. The van der Waals surface area contributed by atoms with Crippen LogP contribution >= 0.6 is 0 Å². The summed E-state index contributed by atoms with van der Waals surface area (Å²) in [7, 11) is 0. The minimum Gasteiger partial charge on any atom is -0.504 e. The largest absolute Gasteiger partial charge is 0.504 e. The van der Waals surface area contributed by atoms with Gasteiger partial charge in [-0.25, -0.2) is 0 Å². The number of nitrogens with zero attached hydrogens (tertiary/aromatic N) is 2. The summed E-state index contributed by atoms with van der Waals surface area (Å²) in [5.74, 6) is -1.38. The predicted molar refractivity (Wildman–Crippen MR) is 143 cm³/mol. The Labute approximate surface area is 219 Å². The number of nitrogens with one attached hydrogen (secondary N) is 1. The minimum absolute atomic E-state index is 0.0166. The van der Waals surface area contributed by atoms with E-state index in [-0.39, 0.29) is 35.9 Å². The Hall–Kier alpha value is -4.79. The second-order valence-corrected chi connectivity index (χ2v) is 9.08. The van der Waals surface area contributed by atoms with Crippen LogP contribution in [0.3, 0.4) is 0 Å². The maximum absolute atomic E-state index is 13.4. The summed E-state index contributed by atoms with van der Waals surface area (Å²) >= 11 is 0. The standard InChI is InChI=1S/C29H29N3O6/c1-18(2)17-38-21-9-7-20(8-10-21)22(27-28(36)31-25-5-3-4-14-32(25)29(27)37)16-26(35)30-13-12-19-6-11-23(33)24(34)15-19/h3-11,14-15,22,33-34,36H,1,12-13,16-17H2,2H3,(H,30,35)/t22-/m1/s1. The molecule has 9 nitrogen and oxygen atoms in total. The molecule has 0 unspecified atom stereocenters. The normalized spacial score (nSPS) is 11.7. The SMILES string of the molecule is C=C(C)COc1ccc([C@@H](CC(=O)NCCc2ccc(O)c(O)c2)c2c(O)nc3ccccn3c2=O)cc1. The van der Waals surface area contributed by atoms with E-state index in [0.717, 1.165) is 11.1 Å². The first-order chi connectivity index (χ1) is 18.2. The van der Waals surface area contributed by atoms with Gasteiger partial charge in [-0.1, -0.05) is 30.8 Å². The second-order valence-electron chi connectivity index (χ2n) is 9.08. The van der Waals surface area contributed by atoms with Crippen molar-refractivity contribution in [1.29, 1.82) is 0 Å². The molecule has 9 heteroatoms. The summed E-state index contributed by atoms with van der Waals surface area (Å²) in [6.07, 6.45) is 1.87. The van der Waals surface area contributed by atoms with Crippen molar-refractivity contribution < 1.29 is 24.9 Å². The van der Waals surface area contributed by atoms with Gasteiger partial charge in [0.1, 0.15) is 18.0 Å². The summed E-state index contributed by atoms with van der Waals surface area (Å²) < 4.78 is 7.00. The van der Waals surface area contributed by atoms with Gasteiger partial charge in [-0.05, 0) is 66.4 Å². The zero-order chi connectivity index (χ0) is 27.2. The topological polar surface area (TPSA) is 133 Å². The number of hydrogen-bond donors (Lipinski definition) is 4. The summed E-state index contributed by atoms with van der Waals surface area (Å²) in [4.78, 5) is 30.6. The van der Waals surface area contributed by atoms with Gasteiger partial charge in [-0.3, -0.25) is 14.0 Å². The number of ether oxygens (including phenoxy) is 1. The third-order valence-corrected chi connectivity index (χ3v) is 6.03. The van der Waals surface area contributed by atoms with Crippen LogP contribution in [0.2, 0.25) is 0 Å². The van der Waals surface area contributed by atoms with Gasteiger partial charge < -0.3 is 25.4 Å². The molecule has 0 radical (unpaired) electrons. The number of pyridine rings is 1. The molecule has 4 N–H and O–H groups in total. The van der Waals surface area contributed by atoms with Crippen molar-refractivity contribution in [3.8, 4) is 23.1 Å². The Kier molecular flexibility index (Phi) is 7.96. The van der Waals surface area contributed by atoms with Crippen molar-refractivity contribution in [1.82, 2.24) is 14.7 Å². The van der Waals surface area contributed by atoms with Gasteiger partial charge >= 0.3 is 0 Å². The highest BCUT2D eigenvalue weighted by atomic mass is 16.5. The van der Waals surface area contributed by atoms with E-state index in [0.29, 0.717) is 30.0 Å². The number of rotatable bonds is 10. The lowest BCUT2D eigenvalue weighted by Gasteiger charge is -2.19. The van der Waals surface area contributed by atoms with Crippen molar-refractivity contribution in [2.45, 2.75) is 25.7 Å². The van der Waals surface area contributed by atoms with E-state index < -0.39 is 17.4 Å². The van der Waals surface area contributed by atoms with Crippen LogP contribution in [0.15, 0.2) is 83.8 Å². The zero-order valence-electron chi connectivity index (χ0n) is 20.9. The Morgan fingerprint density at radius 1 is 1.08 bits per heavy atom. The van der Waals surface area contributed by atoms with Crippen molar-refractivity contribution >= 4 is 11.6 Å². The van der Waals surface area contributed by atoms with Crippen LogP contribution in [0, 0.1) is 0 Å². The summed E-state index contributed by atoms with van der Waals surface area (Å²) in [5, 5.41) is 32.7. The monoisotopic (exact) mass is 515 g/mol. The number of hydrogen-bond acceptors (Lipinski definition) is 7. The summed E-state index contributed by atoms with van der Waals surface area (Å²) in [6.45, 7) is 6.31. The lowest BCUT2D eigenvalue weighted by atomic mass is 9.89. The molecule has 196 valence electrons. The highest BCUT2D eigenvalue weighted by Gasteiger charge is 2.26. The molecule has 0 aliphatic heterocycles. The number of amides is 1. The zero-order valence-corrected chi connectivity index (χ0v) is 20.9. The van der Waals surface area contributed by atoms with E-state index in [1.165, 1.54) is 16.5 Å². The first-order valence-electron chi connectivity index (χ1n) is 12.1. The van der Waals surface area contributed by atoms with Crippen LogP contribution in [0.5, 0.6) is 23.1 Å². The first-order valence-corrected chi connectivity index (χ1v) is 12.1. The fraction of sp³-hybridized carbons (Fsp3) is 0.207. The van der Waals surface area contributed by atoms with Crippen LogP contribution in [-0.4, -0.2) is 43.8 Å². The smallest absolute Gasteiger partial charge is 0.265 e. The van der Waals surface area contributed by atoms with E-state index in [4.69, 9.17) is 4.74 Å². The summed E-state index contributed by atoms with van der Waals surface area (Å²) in [6, 6.07) is 16.5. The van der Waals surface area contributed by atoms with Gasteiger partial charge in [0, 0.05) is 25.1 Å². The minimum atomic E-state index is -0.778. The number of carbonyl (C=O) groups is 1. The van der Waals surface area contributed by atoms with Gasteiger partial charge in [-0.2, -0.15) is 4.98 Å². The van der Waals surface area contributed by atoms with Crippen molar-refractivity contribution in [2.24, 2.45) is 0 Å². The molecule has 0 bridgehead atoms. The lowest BCUT2D eigenvalue weighted by molar-refractivity contribution is -0.121. The lowest BCUT2D eigenvalue weighted by Crippen LogP contribution is -2.30. The Morgan fingerprint density at radius 2 is 1.84 bits per heavy atom. The van der Waals surface area contributed by atoms with Crippen molar-refractivity contribution in [3.63, 3.8) is 0 Å². The molecule has 0 spiro atoms. The number of benzene rings is 2. The van der Waals surface area contributed by atoms with Gasteiger partial charge in [0.05, 0.1) is 5.56 Å². The molecule has 0 saturated heterocycles. The van der Waals surface area contributed by atoms with Crippen LogP contribution in [0.4, 0.5) is 0 Å². The maximum atomic E-state index is 13.4. The Morgan fingerprint density at radius 3 is 2.55 bits per heavy atom. The molecule has 2 aromatic heterocycles. The third-order valence-electron chi connectivity index (χ3n) is 6.03. The molecule has 1 amide bonds. The number of fused-ring (bicyclic) bond motifs is 1. The molecule has 0 aliphatic carbocycles. The van der Waals surface area contributed by atoms with E-state index in [9.17, 15) is 24.9 Å². The second kappa shape index (κ2) is 11.5. The average molecular weight is 516 g/mol. The molecular weight excluding hydrogens is 486 g/mol. The van der Waals surface area contributed by atoms with Gasteiger partial charge in [0.15, 0.2) is 11.5 Å². The molecule has 0 saturated carbocycles. The third kappa shape index (κ3) is 6.12. The predicted octanol–water partition coefficient (Wildman–Crippen LogP) is 3.65. The first kappa shape index (κ1) is 26.3. The van der Waals surface area contributed by atoms with Crippen LogP contribution in [0.25, 0.3) is 5.65 Å². The van der Waals surface area contributed by atoms with E-state index in [1.807, 2.05) is 6.92 Å². The summed E-state index contributed by atoms with van der Waals surface area (Å²) in [5.41, 5.74) is 2.08. The van der Waals surface area contributed by atoms with Gasteiger partial charge in [0.25, 0.3) is 5.56 Å². The number of carbonyl (C=O) groups excluding carboxylic acids is 1. The van der Waals surface area contributed by atoms with E-state index in [1.54, 1.807) is 54.7 Å². The number of phenols is 2. The molecule has 4 aromatic rings. The molecule has 4 rings (SSSR count). The molecule has 0 aliphatic rings. The van der Waals surface area contributed by atoms with E-state index >= 15 is 0 Å². The van der Waals surface area contributed by atoms with E-state index in [2.05, 4.69) is 16.9 Å². The molecule has 0 fully saturated rings. The van der Waals surface area contributed by atoms with Crippen molar-refractivity contribution in [2.75, 3.05) is 13.2 Å². The quantitative estimate of drug-likeness (QED) is 0.187. The maximum Gasteiger partial charge on any atom is 0.265 e. The molecular formula is C29H29N3O6. The average Bonchev–Trinajstić information content (AvgIpc) is 2.89. The Balaban J connectivity index is 1.59. The van der Waals surface area contributed by atoms with Crippen LogP contribution < -0.4 is 15.6 Å². The van der Waals surface area contributed by atoms with Crippen molar-refractivity contribution in [3.05, 3.63) is 106 Å². The Bertz CT molecular complexity index is 1530. The van der Waals surface area contributed by atoms with Gasteiger partial charge in [0.2, 0.25) is 11.8 Å². The highest BCUT2D eigenvalue weighted by Crippen LogP contribution is 2.32. The molecule has 2 heterocycles. The molecule has 2 aromatic carbocycles. The van der Waals surface area contributed by atoms with Crippen LogP contribution in [-0.2, 0) is 11.2 Å². The molecule has 1 atom stereocenters. The fourth-order valence-electron chi connectivity index (χ4n) is 4.11. The van der Waals surface area contributed by atoms with Gasteiger partial charge in [-0.15, -0.1) is 0 Å². The molecule has 38 heavy (non-hydrogen) atoms. The highest BCUT2D eigenvalue weighted by molar-refractivity contribution is 5.77. The number of aromatic hydroxyl groups is 3. The number of phenolic OH excluding ortho intramolecular Hbond substituents is 2.